The highest BCUT2D eigenvalue weighted by molar-refractivity contribution is 9.10. The molecule has 0 radical (unpaired) electrons. The standard InChI is InChI=1S/C21H21BrO4/c1-4-24-20(23)11-16-7-5-6-8-19(16)25-12-15-9-17-13(2)14(3)26-21(17)18(22)10-15/h5-10H,4,11-12H2,1-3H3. The maximum atomic E-state index is 11.8. The summed E-state index contributed by atoms with van der Waals surface area (Å²) in [7, 11) is 0. The number of furan rings is 1. The molecule has 3 aromatic rings. The second kappa shape index (κ2) is 7.96. The van der Waals surface area contributed by atoms with Crippen molar-refractivity contribution in [3.63, 3.8) is 0 Å². The summed E-state index contributed by atoms with van der Waals surface area (Å²) in [5, 5.41) is 1.08. The van der Waals surface area contributed by atoms with Crippen molar-refractivity contribution < 1.29 is 18.7 Å². The number of carbonyl (C=O) groups excluding carboxylic acids is 1. The number of para-hydroxylation sites is 1. The fraction of sp³-hybridized carbons (Fsp3) is 0.286. The fourth-order valence-corrected chi connectivity index (χ4v) is 3.44. The number of fused-ring (bicyclic) bond motifs is 1. The maximum absolute atomic E-state index is 11.8. The molecule has 0 aliphatic heterocycles. The smallest absolute Gasteiger partial charge is 0.310 e. The van der Waals surface area contributed by atoms with E-state index in [0.29, 0.717) is 19.0 Å². The average molecular weight is 417 g/mol. The molecule has 1 heterocycles. The van der Waals surface area contributed by atoms with Gasteiger partial charge in [0.05, 0.1) is 17.5 Å². The zero-order chi connectivity index (χ0) is 18.7. The minimum Gasteiger partial charge on any atom is -0.489 e. The van der Waals surface area contributed by atoms with Gasteiger partial charge in [-0.3, -0.25) is 4.79 Å². The van der Waals surface area contributed by atoms with Gasteiger partial charge in [-0.2, -0.15) is 0 Å². The fourth-order valence-electron chi connectivity index (χ4n) is 2.85. The normalized spacial score (nSPS) is 10.9. The third kappa shape index (κ3) is 3.93. The highest BCUT2D eigenvalue weighted by atomic mass is 79.9. The molecule has 0 aliphatic rings. The lowest BCUT2D eigenvalue weighted by atomic mass is 10.1. The van der Waals surface area contributed by atoms with Gasteiger partial charge in [0.2, 0.25) is 0 Å². The Morgan fingerprint density at radius 2 is 1.96 bits per heavy atom. The van der Waals surface area contributed by atoms with Crippen LogP contribution in [0.15, 0.2) is 45.3 Å². The monoisotopic (exact) mass is 416 g/mol. The van der Waals surface area contributed by atoms with Gasteiger partial charge in [-0.05, 0) is 66.0 Å². The van der Waals surface area contributed by atoms with Crippen LogP contribution in [0, 0.1) is 13.8 Å². The topological polar surface area (TPSA) is 48.7 Å². The molecule has 0 N–H and O–H groups in total. The van der Waals surface area contributed by atoms with Crippen LogP contribution in [0.1, 0.15) is 29.4 Å². The van der Waals surface area contributed by atoms with E-state index >= 15 is 0 Å². The lowest BCUT2D eigenvalue weighted by Crippen LogP contribution is -2.09. The van der Waals surface area contributed by atoms with Crippen molar-refractivity contribution in [2.75, 3.05) is 6.61 Å². The van der Waals surface area contributed by atoms with Crippen molar-refractivity contribution in [1.82, 2.24) is 0 Å². The van der Waals surface area contributed by atoms with E-state index < -0.39 is 0 Å². The summed E-state index contributed by atoms with van der Waals surface area (Å²) in [5.74, 6) is 1.35. The Morgan fingerprint density at radius 3 is 2.73 bits per heavy atom. The van der Waals surface area contributed by atoms with Crippen LogP contribution >= 0.6 is 15.9 Å². The van der Waals surface area contributed by atoms with Crippen molar-refractivity contribution in [3.8, 4) is 5.75 Å². The van der Waals surface area contributed by atoms with Gasteiger partial charge in [0.15, 0.2) is 0 Å². The first-order valence-electron chi connectivity index (χ1n) is 8.54. The van der Waals surface area contributed by atoms with Gasteiger partial charge in [0, 0.05) is 10.9 Å². The molecule has 136 valence electrons. The Kier molecular flexibility index (Phi) is 5.67. The first kappa shape index (κ1) is 18.5. The summed E-state index contributed by atoms with van der Waals surface area (Å²) < 4.78 is 17.7. The zero-order valence-electron chi connectivity index (χ0n) is 15.1. The summed E-state index contributed by atoms with van der Waals surface area (Å²) in [4.78, 5) is 11.8. The Hall–Kier alpha value is -2.27. The SMILES string of the molecule is CCOC(=O)Cc1ccccc1OCc1cc(Br)c2oc(C)c(C)c2c1. The summed E-state index contributed by atoms with van der Waals surface area (Å²) in [5.41, 5.74) is 3.83. The van der Waals surface area contributed by atoms with E-state index in [2.05, 4.69) is 22.0 Å². The predicted molar refractivity (Wildman–Crippen MR) is 104 cm³/mol. The average Bonchev–Trinajstić information content (AvgIpc) is 2.90. The minimum atomic E-state index is -0.253. The molecule has 0 bridgehead atoms. The van der Waals surface area contributed by atoms with Gasteiger partial charge in [-0.25, -0.2) is 0 Å². The molecule has 0 saturated heterocycles. The quantitative estimate of drug-likeness (QED) is 0.497. The van der Waals surface area contributed by atoms with Crippen LogP contribution in [-0.4, -0.2) is 12.6 Å². The predicted octanol–water partition coefficient (Wildman–Crippen LogP) is 5.50. The van der Waals surface area contributed by atoms with Crippen LogP contribution < -0.4 is 4.74 Å². The molecule has 0 unspecified atom stereocenters. The highest BCUT2D eigenvalue weighted by Gasteiger charge is 2.13. The van der Waals surface area contributed by atoms with Gasteiger partial charge in [0.1, 0.15) is 23.7 Å². The minimum absolute atomic E-state index is 0.201. The summed E-state index contributed by atoms with van der Waals surface area (Å²) in [6, 6.07) is 11.6. The van der Waals surface area contributed by atoms with E-state index in [4.69, 9.17) is 13.9 Å². The summed E-state index contributed by atoms with van der Waals surface area (Å²) in [6.07, 6.45) is 0.201. The van der Waals surface area contributed by atoms with Gasteiger partial charge >= 0.3 is 5.97 Å². The number of carbonyl (C=O) groups is 1. The number of hydrogen-bond acceptors (Lipinski definition) is 4. The zero-order valence-corrected chi connectivity index (χ0v) is 16.7. The molecule has 5 heteroatoms. The van der Waals surface area contributed by atoms with Crippen LogP contribution in [0.4, 0.5) is 0 Å². The van der Waals surface area contributed by atoms with Crippen LogP contribution in [0.2, 0.25) is 0 Å². The molecular formula is C21H21BrO4. The van der Waals surface area contributed by atoms with Crippen molar-refractivity contribution in [3.05, 3.63) is 63.3 Å². The number of rotatable bonds is 6. The second-order valence-electron chi connectivity index (χ2n) is 6.12. The molecule has 0 atom stereocenters. The highest BCUT2D eigenvalue weighted by Crippen LogP contribution is 2.32. The third-order valence-electron chi connectivity index (χ3n) is 4.30. The van der Waals surface area contributed by atoms with Crippen molar-refractivity contribution in [1.29, 1.82) is 0 Å². The molecule has 1 aromatic heterocycles. The summed E-state index contributed by atoms with van der Waals surface area (Å²) >= 11 is 3.58. The number of ether oxygens (including phenoxy) is 2. The number of esters is 1. The van der Waals surface area contributed by atoms with Gasteiger partial charge in [-0.15, -0.1) is 0 Å². The van der Waals surface area contributed by atoms with Gasteiger partial charge in [0.25, 0.3) is 0 Å². The Morgan fingerprint density at radius 1 is 1.19 bits per heavy atom. The van der Waals surface area contributed by atoms with E-state index in [9.17, 15) is 4.79 Å². The third-order valence-corrected chi connectivity index (χ3v) is 4.89. The van der Waals surface area contributed by atoms with Crippen LogP contribution in [-0.2, 0) is 22.6 Å². The molecule has 4 nitrogen and oxygen atoms in total. The first-order valence-corrected chi connectivity index (χ1v) is 9.33. The number of aryl methyl sites for hydroxylation is 2. The Labute approximate surface area is 161 Å². The molecule has 0 saturated carbocycles. The lowest BCUT2D eigenvalue weighted by molar-refractivity contribution is -0.142. The van der Waals surface area contributed by atoms with E-state index in [-0.39, 0.29) is 12.4 Å². The molecule has 0 fully saturated rings. The Balaban J connectivity index is 1.80. The van der Waals surface area contributed by atoms with Crippen molar-refractivity contribution in [2.24, 2.45) is 0 Å². The van der Waals surface area contributed by atoms with Crippen LogP contribution in [0.3, 0.4) is 0 Å². The van der Waals surface area contributed by atoms with Crippen molar-refractivity contribution >= 4 is 32.9 Å². The largest absolute Gasteiger partial charge is 0.489 e. The van der Waals surface area contributed by atoms with E-state index in [1.165, 1.54) is 0 Å². The van der Waals surface area contributed by atoms with E-state index in [0.717, 1.165) is 37.9 Å². The van der Waals surface area contributed by atoms with E-state index in [1.807, 2.05) is 44.2 Å². The van der Waals surface area contributed by atoms with E-state index in [1.54, 1.807) is 6.92 Å². The molecular weight excluding hydrogens is 396 g/mol. The Bertz CT molecular complexity index is 943. The number of benzene rings is 2. The molecule has 0 spiro atoms. The van der Waals surface area contributed by atoms with Gasteiger partial charge in [-0.1, -0.05) is 18.2 Å². The van der Waals surface area contributed by atoms with Crippen molar-refractivity contribution in [2.45, 2.75) is 33.8 Å². The van der Waals surface area contributed by atoms with Gasteiger partial charge < -0.3 is 13.9 Å². The second-order valence-corrected chi connectivity index (χ2v) is 6.97. The summed E-state index contributed by atoms with van der Waals surface area (Å²) in [6.45, 7) is 6.59. The lowest BCUT2D eigenvalue weighted by Gasteiger charge is -2.12. The number of hydrogen-bond donors (Lipinski definition) is 0. The molecule has 2 aromatic carbocycles. The van der Waals surface area contributed by atoms with Crippen LogP contribution in [0.5, 0.6) is 5.75 Å². The van der Waals surface area contributed by atoms with Crippen LogP contribution in [0.25, 0.3) is 11.0 Å². The first-order chi connectivity index (χ1) is 12.5. The molecule has 0 amide bonds. The molecule has 26 heavy (non-hydrogen) atoms. The maximum Gasteiger partial charge on any atom is 0.310 e. The number of halogens is 1. The molecule has 0 aliphatic carbocycles. The molecule has 3 rings (SSSR count).